The predicted molar refractivity (Wildman–Crippen MR) is 75.0 cm³/mol. The summed E-state index contributed by atoms with van der Waals surface area (Å²) in [5.41, 5.74) is 1.25. The molecule has 0 N–H and O–H groups in total. The van der Waals surface area contributed by atoms with Gasteiger partial charge in [-0.15, -0.1) is 0 Å². The van der Waals surface area contributed by atoms with Gasteiger partial charge in [-0.25, -0.2) is 8.42 Å². The Balaban J connectivity index is 2.45. The molecule has 102 valence electrons. The highest BCUT2D eigenvalue weighted by molar-refractivity contribution is 7.91. The third-order valence-corrected chi connectivity index (χ3v) is 4.54. The quantitative estimate of drug-likeness (QED) is 0.765. The minimum Gasteiger partial charge on any atom is -0.493 e. The lowest BCUT2D eigenvalue weighted by atomic mass is 10.0. The van der Waals surface area contributed by atoms with Crippen LogP contribution in [0.15, 0.2) is 24.3 Å². The standard InChI is InChI=1S/C14H22O3S/c1-4-10-18(15,16)11-9-17-14-7-5-13(6-8-14)12(2)3/h5-8,12H,4,9-11H2,1-3H3. The molecule has 1 aromatic carbocycles. The highest BCUT2D eigenvalue weighted by atomic mass is 32.2. The number of sulfone groups is 1. The largest absolute Gasteiger partial charge is 0.493 e. The maximum atomic E-state index is 11.5. The van der Waals surface area contributed by atoms with Gasteiger partial charge in [0.05, 0.1) is 11.5 Å². The highest BCUT2D eigenvalue weighted by Gasteiger charge is 2.09. The van der Waals surface area contributed by atoms with Crippen LogP contribution in [0.2, 0.25) is 0 Å². The topological polar surface area (TPSA) is 43.4 Å². The average molecular weight is 270 g/mol. The molecular formula is C14H22O3S. The predicted octanol–water partition coefficient (Wildman–Crippen LogP) is 3.01. The van der Waals surface area contributed by atoms with Crippen molar-refractivity contribution in [1.29, 1.82) is 0 Å². The number of benzene rings is 1. The van der Waals surface area contributed by atoms with Gasteiger partial charge in [0.2, 0.25) is 0 Å². The monoisotopic (exact) mass is 270 g/mol. The highest BCUT2D eigenvalue weighted by Crippen LogP contribution is 2.18. The molecule has 0 aliphatic rings. The molecule has 0 spiro atoms. The van der Waals surface area contributed by atoms with Gasteiger partial charge in [-0.05, 0) is 30.0 Å². The summed E-state index contributed by atoms with van der Waals surface area (Å²) < 4.78 is 28.4. The third kappa shape index (κ3) is 5.08. The lowest BCUT2D eigenvalue weighted by Gasteiger charge is -2.09. The molecule has 0 amide bonds. The van der Waals surface area contributed by atoms with Crippen LogP contribution in [0.3, 0.4) is 0 Å². The molecule has 1 rings (SSSR count). The van der Waals surface area contributed by atoms with E-state index in [9.17, 15) is 8.42 Å². The van der Waals surface area contributed by atoms with E-state index in [-0.39, 0.29) is 18.1 Å². The van der Waals surface area contributed by atoms with Crippen molar-refractivity contribution in [3.05, 3.63) is 29.8 Å². The minimum absolute atomic E-state index is 0.0901. The molecule has 0 unspecified atom stereocenters. The zero-order chi connectivity index (χ0) is 13.6. The van der Waals surface area contributed by atoms with Crippen molar-refractivity contribution in [3.8, 4) is 5.75 Å². The number of rotatable bonds is 7. The second-order valence-electron chi connectivity index (χ2n) is 4.72. The normalized spacial score (nSPS) is 11.8. The van der Waals surface area contributed by atoms with Crippen LogP contribution >= 0.6 is 0 Å². The van der Waals surface area contributed by atoms with Crippen molar-refractivity contribution in [2.45, 2.75) is 33.1 Å². The van der Waals surface area contributed by atoms with Crippen molar-refractivity contribution in [1.82, 2.24) is 0 Å². The van der Waals surface area contributed by atoms with Gasteiger partial charge in [-0.2, -0.15) is 0 Å². The molecule has 1 aromatic rings. The molecule has 0 atom stereocenters. The van der Waals surface area contributed by atoms with E-state index in [1.165, 1.54) is 5.56 Å². The van der Waals surface area contributed by atoms with E-state index >= 15 is 0 Å². The van der Waals surface area contributed by atoms with Crippen LogP contribution < -0.4 is 4.74 Å². The Bertz CT molecular complexity index is 446. The molecule has 0 saturated carbocycles. The number of ether oxygens (including phenoxy) is 1. The Labute approximate surface area is 110 Å². The van der Waals surface area contributed by atoms with Crippen molar-refractivity contribution in [2.24, 2.45) is 0 Å². The van der Waals surface area contributed by atoms with Crippen LogP contribution in [0.5, 0.6) is 5.75 Å². The molecule has 0 aliphatic carbocycles. The summed E-state index contributed by atoms with van der Waals surface area (Å²) in [7, 11) is -2.95. The van der Waals surface area contributed by atoms with E-state index in [1.807, 2.05) is 31.2 Å². The maximum absolute atomic E-state index is 11.5. The molecule has 0 aromatic heterocycles. The van der Waals surface area contributed by atoms with Crippen molar-refractivity contribution < 1.29 is 13.2 Å². The fraction of sp³-hybridized carbons (Fsp3) is 0.571. The molecule has 18 heavy (non-hydrogen) atoms. The van der Waals surface area contributed by atoms with Crippen molar-refractivity contribution in [2.75, 3.05) is 18.1 Å². The number of hydrogen-bond donors (Lipinski definition) is 0. The summed E-state index contributed by atoms with van der Waals surface area (Å²) in [6, 6.07) is 7.81. The van der Waals surface area contributed by atoms with Gasteiger partial charge < -0.3 is 4.74 Å². The zero-order valence-electron chi connectivity index (χ0n) is 11.3. The summed E-state index contributed by atoms with van der Waals surface area (Å²) in [5, 5.41) is 0. The second-order valence-corrected chi connectivity index (χ2v) is 7.03. The molecule has 0 radical (unpaired) electrons. The summed E-state index contributed by atoms with van der Waals surface area (Å²) in [5.74, 6) is 1.55. The first kappa shape index (κ1) is 15.0. The smallest absolute Gasteiger partial charge is 0.153 e. The molecular weight excluding hydrogens is 248 g/mol. The van der Waals surface area contributed by atoms with E-state index in [4.69, 9.17) is 4.74 Å². The van der Waals surface area contributed by atoms with Crippen LogP contribution in [0.1, 0.15) is 38.7 Å². The fourth-order valence-electron chi connectivity index (χ4n) is 1.65. The van der Waals surface area contributed by atoms with Gasteiger partial charge in [0.15, 0.2) is 9.84 Å². The molecule has 0 bridgehead atoms. The molecule has 0 aliphatic heterocycles. The first-order valence-electron chi connectivity index (χ1n) is 6.38. The van der Waals surface area contributed by atoms with Crippen molar-refractivity contribution in [3.63, 3.8) is 0 Å². The fourth-order valence-corrected chi connectivity index (χ4v) is 2.81. The Hall–Kier alpha value is -1.03. The number of hydrogen-bond acceptors (Lipinski definition) is 3. The third-order valence-electron chi connectivity index (χ3n) is 2.72. The summed E-state index contributed by atoms with van der Waals surface area (Å²) in [6.45, 7) is 6.35. The van der Waals surface area contributed by atoms with Crippen LogP contribution in [-0.4, -0.2) is 26.5 Å². The van der Waals surface area contributed by atoms with E-state index < -0.39 is 9.84 Å². The Morgan fingerprint density at radius 2 is 1.72 bits per heavy atom. The lowest BCUT2D eigenvalue weighted by molar-refractivity contribution is 0.340. The molecule has 4 heteroatoms. The van der Waals surface area contributed by atoms with Crippen molar-refractivity contribution >= 4 is 9.84 Å². The van der Waals surface area contributed by atoms with E-state index in [1.54, 1.807) is 0 Å². The summed E-state index contributed by atoms with van der Waals surface area (Å²) >= 11 is 0. The zero-order valence-corrected chi connectivity index (χ0v) is 12.2. The molecule has 0 fully saturated rings. The van der Waals surface area contributed by atoms with E-state index in [0.717, 1.165) is 5.75 Å². The second kappa shape index (κ2) is 6.78. The summed E-state index contributed by atoms with van der Waals surface area (Å²) in [6.07, 6.45) is 0.658. The van der Waals surface area contributed by atoms with Crippen LogP contribution in [0, 0.1) is 0 Å². The van der Waals surface area contributed by atoms with Crippen LogP contribution in [-0.2, 0) is 9.84 Å². The summed E-state index contributed by atoms with van der Waals surface area (Å²) in [4.78, 5) is 0. The lowest BCUT2D eigenvalue weighted by Crippen LogP contribution is -2.16. The SMILES string of the molecule is CCCS(=O)(=O)CCOc1ccc(C(C)C)cc1. The van der Waals surface area contributed by atoms with Gasteiger partial charge in [0, 0.05) is 0 Å². The first-order chi connectivity index (χ1) is 8.44. The van der Waals surface area contributed by atoms with E-state index in [2.05, 4.69) is 13.8 Å². The molecule has 3 nitrogen and oxygen atoms in total. The van der Waals surface area contributed by atoms with Crippen LogP contribution in [0.4, 0.5) is 0 Å². The average Bonchev–Trinajstić information content (AvgIpc) is 2.29. The Kier molecular flexibility index (Phi) is 5.66. The van der Waals surface area contributed by atoms with Gasteiger partial charge in [-0.1, -0.05) is 32.9 Å². The Morgan fingerprint density at radius 1 is 1.11 bits per heavy atom. The first-order valence-corrected chi connectivity index (χ1v) is 8.20. The minimum atomic E-state index is -2.95. The van der Waals surface area contributed by atoms with Gasteiger partial charge >= 0.3 is 0 Å². The van der Waals surface area contributed by atoms with Gasteiger partial charge in [-0.3, -0.25) is 0 Å². The molecule has 0 saturated heterocycles. The van der Waals surface area contributed by atoms with Crippen LogP contribution in [0.25, 0.3) is 0 Å². The Morgan fingerprint density at radius 3 is 2.22 bits per heavy atom. The van der Waals surface area contributed by atoms with Gasteiger partial charge in [0.25, 0.3) is 0 Å². The molecule has 0 heterocycles. The maximum Gasteiger partial charge on any atom is 0.153 e. The van der Waals surface area contributed by atoms with Gasteiger partial charge in [0.1, 0.15) is 12.4 Å². The van der Waals surface area contributed by atoms with E-state index in [0.29, 0.717) is 12.3 Å².